The van der Waals surface area contributed by atoms with Crippen LogP contribution in [0.15, 0.2) is 4.99 Å². The third-order valence-electron chi connectivity index (χ3n) is 4.60. The summed E-state index contributed by atoms with van der Waals surface area (Å²) in [6.45, 7) is 9.34. The zero-order valence-electron chi connectivity index (χ0n) is 14.6. The van der Waals surface area contributed by atoms with Gasteiger partial charge in [-0.1, -0.05) is 13.8 Å². The van der Waals surface area contributed by atoms with Crippen molar-refractivity contribution in [3.05, 3.63) is 11.6 Å². The van der Waals surface area contributed by atoms with Crippen molar-refractivity contribution in [1.29, 1.82) is 0 Å². The highest BCUT2D eigenvalue weighted by atomic mass is 32.2. The minimum absolute atomic E-state index is 0.586. The van der Waals surface area contributed by atoms with Crippen LogP contribution in [0, 0.1) is 12.8 Å². The highest BCUT2D eigenvalue weighted by Gasteiger charge is 2.29. The average molecular weight is 337 g/mol. The van der Waals surface area contributed by atoms with Crippen LogP contribution in [0.4, 0.5) is 0 Å². The average Bonchev–Trinajstić information content (AvgIpc) is 3.31. The Balaban J connectivity index is 1.71. The quantitative estimate of drug-likeness (QED) is 0.671. The molecule has 2 fully saturated rings. The molecule has 0 amide bonds. The SMILES string of the molecule is Cc1nnc(CN=C(NC2CC2)N2CCSC(C(C)C)C2)n1C. The minimum Gasteiger partial charge on any atom is -0.353 e. The van der Waals surface area contributed by atoms with Crippen LogP contribution >= 0.6 is 11.8 Å². The second kappa shape index (κ2) is 7.11. The van der Waals surface area contributed by atoms with E-state index in [1.807, 2.05) is 18.5 Å². The van der Waals surface area contributed by atoms with E-state index >= 15 is 0 Å². The Morgan fingerprint density at radius 2 is 2.17 bits per heavy atom. The Kier molecular flexibility index (Phi) is 5.14. The van der Waals surface area contributed by atoms with Crippen molar-refractivity contribution in [2.75, 3.05) is 18.8 Å². The molecular weight excluding hydrogens is 308 g/mol. The monoisotopic (exact) mass is 336 g/mol. The smallest absolute Gasteiger partial charge is 0.194 e. The molecule has 0 spiro atoms. The highest BCUT2D eigenvalue weighted by Crippen LogP contribution is 2.26. The Hall–Kier alpha value is -1.24. The molecule has 3 rings (SSSR count). The van der Waals surface area contributed by atoms with Crippen LogP contribution in [0.2, 0.25) is 0 Å². The molecule has 1 saturated heterocycles. The molecule has 7 heteroatoms. The fraction of sp³-hybridized carbons (Fsp3) is 0.812. The molecule has 0 aromatic carbocycles. The number of thioether (sulfide) groups is 1. The zero-order chi connectivity index (χ0) is 16.4. The Bertz CT molecular complexity index is 563. The largest absolute Gasteiger partial charge is 0.353 e. The first-order valence-electron chi connectivity index (χ1n) is 8.57. The Morgan fingerprint density at radius 3 is 2.78 bits per heavy atom. The molecule has 0 bridgehead atoms. The summed E-state index contributed by atoms with van der Waals surface area (Å²) in [4.78, 5) is 7.30. The summed E-state index contributed by atoms with van der Waals surface area (Å²) in [5, 5.41) is 12.7. The van der Waals surface area contributed by atoms with Crippen molar-refractivity contribution in [1.82, 2.24) is 25.0 Å². The van der Waals surface area contributed by atoms with Gasteiger partial charge < -0.3 is 14.8 Å². The number of nitrogens with zero attached hydrogens (tertiary/aromatic N) is 5. The van der Waals surface area contributed by atoms with Gasteiger partial charge in [0.15, 0.2) is 11.8 Å². The summed E-state index contributed by atoms with van der Waals surface area (Å²) in [5.41, 5.74) is 0. The van der Waals surface area contributed by atoms with Crippen LogP contribution in [0.25, 0.3) is 0 Å². The predicted molar refractivity (Wildman–Crippen MR) is 95.7 cm³/mol. The zero-order valence-corrected chi connectivity index (χ0v) is 15.4. The predicted octanol–water partition coefficient (Wildman–Crippen LogP) is 1.80. The molecule has 23 heavy (non-hydrogen) atoms. The van der Waals surface area contributed by atoms with Gasteiger partial charge in [0.2, 0.25) is 0 Å². The number of aromatic nitrogens is 3. The van der Waals surface area contributed by atoms with Crippen LogP contribution in [-0.4, -0.2) is 55.8 Å². The van der Waals surface area contributed by atoms with E-state index in [1.165, 1.54) is 18.6 Å². The number of guanidine groups is 1. The standard InChI is InChI=1S/C16H28N6S/c1-11(2)14-10-22(7-8-23-14)16(18-13-5-6-13)17-9-15-20-19-12(3)21(15)4/h11,13-14H,5-10H2,1-4H3,(H,17,18). The van der Waals surface area contributed by atoms with Gasteiger partial charge in [-0.2, -0.15) is 11.8 Å². The highest BCUT2D eigenvalue weighted by molar-refractivity contribution is 8.00. The van der Waals surface area contributed by atoms with Crippen molar-refractivity contribution in [2.24, 2.45) is 18.0 Å². The lowest BCUT2D eigenvalue weighted by Crippen LogP contribution is -2.49. The number of aliphatic imine (C=N–C) groups is 1. The first kappa shape index (κ1) is 16.6. The normalized spacial score (nSPS) is 22.7. The molecule has 2 heterocycles. The molecule has 1 N–H and O–H groups in total. The Morgan fingerprint density at radius 1 is 1.39 bits per heavy atom. The van der Waals surface area contributed by atoms with Gasteiger partial charge in [-0.25, -0.2) is 4.99 Å². The molecule has 2 aliphatic rings. The van der Waals surface area contributed by atoms with Crippen molar-refractivity contribution in [2.45, 2.75) is 51.4 Å². The summed E-state index contributed by atoms with van der Waals surface area (Å²) in [7, 11) is 2.00. The molecule has 1 aliphatic heterocycles. The van der Waals surface area contributed by atoms with Gasteiger partial charge in [0.05, 0.1) is 0 Å². The molecule has 1 saturated carbocycles. The van der Waals surface area contributed by atoms with Crippen LogP contribution in [-0.2, 0) is 13.6 Å². The molecule has 1 aromatic rings. The van der Waals surface area contributed by atoms with E-state index in [-0.39, 0.29) is 0 Å². The van der Waals surface area contributed by atoms with Crippen LogP contribution in [0.5, 0.6) is 0 Å². The minimum atomic E-state index is 0.586. The molecular formula is C16H28N6S. The van der Waals surface area contributed by atoms with Gasteiger partial charge in [-0.3, -0.25) is 0 Å². The molecule has 0 radical (unpaired) electrons. The number of hydrogen-bond acceptors (Lipinski definition) is 4. The number of hydrogen-bond donors (Lipinski definition) is 1. The van der Waals surface area contributed by atoms with Crippen molar-refractivity contribution >= 4 is 17.7 Å². The first-order chi connectivity index (χ1) is 11.0. The van der Waals surface area contributed by atoms with Gasteiger partial charge in [0.1, 0.15) is 12.4 Å². The van der Waals surface area contributed by atoms with Gasteiger partial charge >= 0.3 is 0 Å². The maximum atomic E-state index is 4.86. The molecule has 1 unspecified atom stereocenters. The second-order valence-corrected chi connectivity index (χ2v) is 8.23. The lowest BCUT2D eigenvalue weighted by Gasteiger charge is -2.36. The van der Waals surface area contributed by atoms with Gasteiger partial charge in [-0.05, 0) is 25.7 Å². The summed E-state index contributed by atoms with van der Waals surface area (Å²) < 4.78 is 2.02. The van der Waals surface area contributed by atoms with E-state index in [0.29, 0.717) is 23.8 Å². The maximum absolute atomic E-state index is 4.86. The summed E-state index contributed by atoms with van der Waals surface area (Å²) in [6.07, 6.45) is 2.52. The van der Waals surface area contributed by atoms with E-state index < -0.39 is 0 Å². The topological polar surface area (TPSA) is 58.3 Å². The fourth-order valence-corrected chi connectivity index (χ4v) is 3.95. The van der Waals surface area contributed by atoms with E-state index in [1.54, 1.807) is 0 Å². The summed E-state index contributed by atoms with van der Waals surface area (Å²) >= 11 is 2.10. The fourth-order valence-electron chi connectivity index (χ4n) is 2.65. The lowest BCUT2D eigenvalue weighted by molar-refractivity contribution is 0.379. The van der Waals surface area contributed by atoms with Gasteiger partial charge in [0, 0.05) is 37.2 Å². The third-order valence-corrected chi connectivity index (χ3v) is 6.14. The van der Waals surface area contributed by atoms with Gasteiger partial charge in [0.25, 0.3) is 0 Å². The van der Waals surface area contributed by atoms with Crippen molar-refractivity contribution in [3.8, 4) is 0 Å². The van der Waals surface area contributed by atoms with E-state index in [4.69, 9.17) is 4.99 Å². The summed E-state index contributed by atoms with van der Waals surface area (Å²) in [5.74, 6) is 4.79. The number of aryl methyl sites for hydroxylation is 1. The van der Waals surface area contributed by atoms with Gasteiger partial charge in [-0.15, -0.1) is 10.2 Å². The summed E-state index contributed by atoms with van der Waals surface area (Å²) in [6, 6.07) is 0.613. The molecule has 128 valence electrons. The second-order valence-electron chi connectivity index (χ2n) is 6.88. The van der Waals surface area contributed by atoms with Crippen LogP contribution < -0.4 is 5.32 Å². The maximum Gasteiger partial charge on any atom is 0.194 e. The van der Waals surface area contributed by atoms with Crippen LogP contribution in [0.3, 0.4) is 0 Å². The lowest BCUT2D eigenvalue weighted by atomic mass is 10.1. The molecule has 1 aromatic heterocycles. The number of rotatable bonds is 4. The van der Waals surface area contributed by atoms with Crippen molar-refractivity contribution < 1.29 is 0 Å². The molecule has 6 nitrogen and oxygen atoms in total. The Labute approximate surface area is 143 Å². The third kappa shape index (κ3) is 4.19. The first-order valence-corrected chi connectivity index (χ1v) is 9.62. The molecule has 1 aliphatic carbocycles. The van der Waals surface area contributed by atoms with E-state index in [0.717, 1.165) is 30.7 Å². The van der Waals surface area contributed by atoms with E-state index in [2.05, 4.69) is 46.0 Å². The van der Waals surface area contributed by atoms with E-state index in [9.17, 15) is 0 Å². The number of nitrogens with one attached hydrogen (secondary N) is 1. The molecule has 1 atom stereocenters. The van der Waals surface area contributed by atoms with Crippen LogP contribution in [0.1, 0.15) is 38.3 Å². The van der Waals surface area contributed by atoms with Crippen molar-refractivity contribution in [3.63, 3.8) is 0 Å².